The molecule has 0 spiro atoms. The predicted molar refractivity (Wildman–Crippen MR) is 128 cm³/mol. The molecule has 0 bridgehead atoms. The second kappa shape index (κ2) is 10.3. The quantitative estimate of drug-likeness (QED) is 0.298. The Balaban J connectivity index is 1.90. The van der Waals surface area contributed by atoms with Gasteiger partial charge < -0.3 is 0 Å². The number of rotatable bonds is 7. The molecule has 5 heteroatoms. The molecule has 0 aliphatic carbocycles. The predicted octanol–water partition coefficient (Wildman–Crippen LogP) is 9.31. The van der Waals surface area contributed by atoms with Gasteiger partial charge in [0.25, 0.3) is 0 Å². The van der Waals surface area contributed by atoms with Crippen molar-refractivity contribution in [3.8, 4) is 0 Å². The van der Waals surface area contributed by atoms with Crippen LogP contribution in [0.3, 0.4) is 0 Å². The van der Waals surface area contributed by atoms with Gasteiger partial charge >= 0.3 is 6.18 Å². The van der Waals surface area contributed by atoms with E-state index in [4.69, 9.17) is 11.6 Å². The Morgan fingerprint density at radius 2 is 1.21 bits per heavy atom. The van der Waals surface area contributed by atoms with Gasteiger partial charge in [-0.25, -0.2) is 4.39 Å². The third kappa shape index (κ3) is 5.78. The summed E-state index contributed by atoms with van der Waals surface area (Å²) in [6.45, 7) is 7.38. The van der Waals surface area contributed by atoms with Crippen LogP contribution in [0.5, 0.6) is 0 Å². The number of hydrogen-bond donors (Lipinski definition) is 0. The highest BCUT2D eigenvalue weighted by molar-refractivity contribution is 6.32. The first-order valence-electron chi connectivity index (χ1n) is 11.2. The van der Waals surface area contributed by atoms with Crippen LogP contribution in [0.25, 0.3) is 0 Å². The van der Waals surface area contributed by atoms with Crippen LogP contribution in [-0.2, 0) is 19.0 Å². The molecule has 3 rings (SSSR count). The van der Waals surface area contributed by atoms with E-state index in [9.17, 15) is 17.6 Å². The minimum Gasteiger partial charge on any atom is -0.207 e. The van der Waals surface area contributed by atoms with Gasteiger partial charge in [-0.2, -0.15) is 13.2 Å². The Morgan fingerprint density at radius 1 is 0.697 bits per heavy atom. The summed E-state index contributed by atoms with van der Waals surface area (Å²) in [6.07, 6.45) is -3.66. The van der Waals surface area contributed by atoms with Gasteiger partial charge in [0.2, 0.25) is 0 Å². The fourth-order valence-corrected chi connectivity index (χ4v) is 4.90. The first kappa shape index (κ1) is 25.3. The number of hydrogen-bond acceptors (Lipinski definition) is 0. The van der Waals surface area contributed by atoms with Crippen LogP contribution in [0.1, 0.15) is 78.8 Å². The summed E-state index contributed by atoms with van der Waals surface area (Å²) in [5.41, 5.74) is 2.34. The van der Waals surface area contributed by atoms with E-state index in [1.54, 1.807) is 50.2 Å². The minimum absolute atomic E-state index is 0.0891. The van der Waals surface area contributed by atoms with E-state index in [1.165, 1.54) is 6.07 Å². The van der Waals surface area contributed by atoms with Gasteiger partial charge in [0.05, 0.1) is 5.56 Å². The second-order valence-corrected chi connectivity index (χ2v) is 9.46. The monoisotopic (exact) mass is 476 g/mol. The molecule has 2 atom stereocenters. The minimum atomic E-state index is -4.42. The molecule has 0 amide bonds. The summed E-state index contributed by atoms with van der Waals surface area (Å²) < 4.78 is 56.0. The van der Waals surface area contributed by atoms with Crippen molar-refractivity contribution in [3.05, 3.63) is 105 Å². The number of benzene rings is 3. The van der Waals surface area contributed by atoms with E-state index in [0.29, 0.717) is 22.6 Å². The summed E-state index contributed by atoms with van der Waals surface area (Å²) >= 11 is 6.74. The van der Waals surface area contributed by atoms with Crippen molar-refractivity contribution in [1.82, 2.24) is 0 Å². The van der Waals surface area contributed by atoms with Crippen LogP contribution in [0, 0.1) is 5.82 Å². The molecular formula is C28H29ClF4. The second-order valence-electron chi connectivity index (χ2n) is 9.09. The van der Waals surface area contributed by atoms with Crippen LogP contribution in [-0.4, -0.2) is 0 Å². The molecule has 3 aromatic carbocycles. The first-order valence-corrected chi connectivity index (χ1v) is 11.6. The van der Waals surface area contributed by atoms with Crippen LogP contribution < -0.4 is 0 Å². The van der Waals surface area contributed by atoms with Crippen LogP contribution in [0.15, 0.2) is 60.7 Å². The zero-order valence-electron chi connectivity index (χ0n) is 19.3. The average molecular weight is 477 g/mol. The van der Waals surface area contributed by atoms with Gasteiger partial charge in [0, 0.05) is 5.02 Å². The number of halogens is 5. The molecule has 0 aliphatic rings. The third-order valence-corrected chi connectivity index (χ3v) is 6.68. The Hall–Kier alpha value is -2.33. The molecular weight excluding hydrogens is 448 g/mol. The normalized spacial score (nSPS) is 13.9. The van der Waals surface area contributed by atoms with Gasteiger partial charge in [-0.15, -0.1) is 0 Å². The lowest BCUT2D eigenvalue weighted by molar-refractivity contribution is -0.139. The standard InChI is InChI=1S/C28H29ClF4/c1-17(2)22-12-7-9-20(26(22)28(31,32)33)15-19(4)24-13-8-10-21(27(24)29)16-18(3)23-11-5-6-14-25(23)30/h5-14,17-19H,15-16H2,1-4H3. The topological polar surface area (TPSA) is 0 Å². The smallest absolute Gasteiger partial charge is 0.207 e. The summed E-state index contributed by atoms with van der Waals surface area (Å²) in [7, 11) is 0. The highest BCUT2D eigenvalue weighted by Crippen LogP contribution is 2.40. The van der Waals surface area contributed by atoms with E-state index < -0.39 is 11.7 Å². The van der Waals surface area contributed by atoms with Crippen molar-refractivity contribution in [2.75, 3.05) is 0 Å². The molecule has 0 saturated heterocycles. The van der Waals surface area contributed by atoms with Gasteiger partial charge in [0.15, 0.2) is 0 Å². The van der Waals surface area contributed by atoms with Crippen molar-refractivity contribution in [2.45, 2.75) is 64.5 Å². The molecule has 0 fully saturated rings. The molecule has 2 unspecified atom stereocenters. The molecule has 33 heavy (non-hydrogen) atoms. The molecule has 0 aliphatic heterocycles. The van der Waals surface area contributed by atoms with Crippen LogP contribution >= 0.6 is 11.6 Å². The lowest BCUT2D eigenvalue weighted by Gasteiger charge is -2.23. The maximum Gasteiger partial charge on any atom is 0.416 e. The van der Waals surface area contributed by atoms with E-state index >= 15 is 0 Å². The summed E-state index contributed by atoms with van der Waals surface area (Å²) in [5.74, 6) is -0.794. The van der Waals surface area contributed by atoms with Gasteiger partial charge in [-0.3, -0.25) is 0 Å². The largest absolute Gasteiger partial charge is 0.416 e. The highest BCUT2D eigenvalue weighted by atomic mass is 35.5. The van der Waals surface area contributed by atoms with Crippen molar-refractivity contribution < 1.29 is 17.6 Å². The lowest BCUT2D eigenvalue weighted by Crippen LogP contribution is -2.15. The Kier molecular flexibility index (Phi) is 7.89. The Bertz CT molecular complexity index is 1100. The molecule has 0 heterocycles. The highest BCUT2D eigenvalue weighted by Gasteiger charge is 2.36. The molecule has 176 valence electrons. The van der Waals surface area contributed by atoms with Gasteiger partial charge in [0.1, 0.15) is 5.82 Å². The SMILES string of the molecule is CC(C)c1cccc(CC(C)c2cccc(CC(C)c3ccccc3F)c2Cl)c1C(F)(F)F. The molecule has 0 aromatic heterocycles. The first-order chi connectivity index (χ1) is 15.5. The van der Waals surface area contributed by atoms with E-state index in [-0.39, 0.29) is 35.6 Å². The molecule has 0 nitrogen and oxygen atoms in total. The summed E-state index contributed by atoms with van der Waals surface area (Å²) in [5, 5.41) is 0.543. The number of alkyl halides is 3. The van der Waals surface area contributed by atoms with Crippen LogP contribution in [0.2, 0.25) is 5.02 Å². The van der Waals surface area contributed by atoms with Gasteiger partial charge in [-0.05, 0) is 64.5 Å². The molecule has 0 saturated carbocycles. The summed E-state index contributed by atoms with van der Waals surface area (Å²) in [6, 6.07) is 17.1. The van der Waals surface area contributed by atoms with E-state index in [0.717, 1.165) is 11.1 Å². The summed E-state index contributed by atoms with van der Waals surface area (Å²) in [4.78, 5) is 0. The van der Waals surface area contributed by atoms with E-state index in [2.05, 4.69) is 0 Å². The van der Waals surface area contributed by atoms with E-state index in [1.807, 2.05) is 32.0 Å². The maximum atomic E-state index is 14.2. The van der Waals surface area contributed by atoms with Crippen molar-refractivity contribution in [2.24, 2.45) is 0 Å². The van der Waals surface area contributed by atoms with Crippen LogP contribution in [0.4, 0.5) is 17.6 Å². The fraction of sp³-hybridized carbons (Fsp3) is 0.357. The zero-order valence-corrected chi connectivity index (χ0v) is 20.1. The fourth-order valence-electron chi connectivity index (χ4n) is 4.51. The van der Waals surface area contributed by atoms with Gasteiger partial charge in [-0.1, -0.05) is 93.9 Å². The lowest BCUT2D eigenvalue weighted by atomic mass is 9.85. The zero-order chi connectivity index (χ0) is 24.3. The Morgan fingerprint density at radius 3 is 1.82 bits per heavy atom. The maximum absolute atomic E-state index is 14.2. The molecule has 3 aromatic rings. The average Bonchev–Trinajstić information content (AvgIpc) is 2.74. The van der Waals surface area contributed by atoms with Crippen molar-refractivity contribution >= 4 is 11.6 Å². The van der Waals surface area contributed by atoms with Crippen molar-refractivity contribution in [3.63, 3.8) is 0 Å². The molecule has 0 radical (unpaired) electrons. The molecule has 0 N–H and O–H groups in total. The van der Waals surface area contributed by atoms with Crippen molar-refractivity contribution in [1.29, 1.82) is 0 Å². The Labute approximate surface area is 198 Å². The third-order valence-electron chi connectivity index (χ3n) is 6.22.